The number of ether oxygens (including phenoxy) is 1. The van der Waals surface area contributed by atoms with Crippen LogP contribution in [0.3, 0.4) is 0 Å². The van der Waals surface area contributed by atoms with E-state index in [4.69, 9.17) is 16.3 Å². The number of phenolic OH excluding ortho intramolecular Hbond substituents is 1. The smallest absolute Gasteiger partial charge is 0.451 e. The lowest BCUT2D eigenvalue weighted by Gasteiger charge is -2.21. The van der Waals surface area contributed by atoms with Crippen LogP contribution in [0.4, 0.5) is 18.9 Å². The van der Waals surface area contributed by atoms with Crippen LogP contribution in [0.1, 0.15) is 30.9 Å². The van der Waals surface area contributed by atoms with Gasteiger partial charge in [0.1, 0.15) is 5.75 Å². The molecule has 0 aliphatic carbocycles. The van der Waals surface area contributed by atoms with E-state index in [1.165, 1.54) is 56.3 Å². The number of rotatable bonds is 7. The molecule has 0 radical (unpaired) electrons. The van der Waals surface area contributed by atoms with Gasteiger partial charge in [0, 0.05) is 21.4 Å². The molecule has 0 aliphatic heterocycles. The number of esters is 1. The zero-order chi connectivity index (χ0) is 27.0. The lowest BCUT2D eigenvalue weighted by Crippen LogP contribution is -2.35. The van der Waals surface area contributed by atoms with E-state index in [2.05, 4.69) is 4.72 Å². The van der Waals surface area contributed by atoms with Gasteiger partial charge < -0.3 is 9.84 Å². The van der Waals surface area contributed by atoms with Gasteiger partial charge in [-0.1, -0.05) is 35.9 Å². The largest absolute Gasteiger partial charge is 0.507 e. The Bertz CT molecular complexity index is 1450. The predicted octanol–water partition coefficient (Wildman–Crippen LogP) is 5.47. The minimum atomic E-state index is -5.45. The van der Waals surface area contributed by atoms with E-state index >= 15 is 0 Å². The predicted molar refractivity (Wildman–Crippen MR) is 128 cm³/mol. The molecule has 0 saturated carbocycles. The molecule has 3 rings (SSSR count). The van der Waals surface area contributed by atoms with Crippen LogP contribution in [-0.4, -0.2) is 37.6 Å². The summed E-state index contributed by atoms with van der Waals surface area (Å²) in [4.78, 5) is 24.7. The maximum Gasteiger partial charge on any atom is 0.451 e. The van der Waals surface area contributed by atoms with E-state index in [9.17, 15) is 36.3 Å². The number of benzene rings is 3. The fourth-order valence-corrected chi connectivity index (χ4v) is 4.79. The molecular weight excluding hydrogens is 523 g/mol. The summed E-state index contributed by atoms with van der Waals surface area (Å²) in [6.45, 7) is 4.34. The maximum atomic E-state index is 13.4. The molecule has 0 saturated heterocycles. The molecule has 0 aromatic heterocycles. The fourth-order valence-electron chi connectivity index (χ4n) is 3.51. The quantitative estimate of drug-likeness (QED) is 0.232. The standard InChI is InChI=1S/C24H21ClF3NO6S/c1-12(2)35-23(32)20(22(31)24(26,27)28)17-11-19(15-6-4-5-7-16(15)21(17)30)29-36(33,34)14-8-9-18(25)13(3)10-14/h4-12,20,29-30H,1-3H3. The highest BCUT2D eigenvalue weighted by Gasteiger charge is 2.49. The highest BCUT2D eigenvalue weighted by atomic mass is 35.5. The van der Waals surface area contributed by atoms with Gasteiger partial charge in [-0.15, -0.1) is 0 Å². The monoisotopic (exact) mass is 543 g/mol. The Labute approximate surface area is 209 Å². The van der Waals surface area contributed by atoms with Crippen LogP contribution in [0.15, 0.2) is 53.4 Å². The lowest BCUT2D eigenvalue weighted by molar-refractivity contribution is -0.178. The molecule has 0 heterocycles. The van der Waals surface area contributed by atoms with Crippen LogP contribution in [-0.2, 0) is 24.3 Å². The van der Waals surface area contributed by atoms with Gasteiger partial charge in [0.05, 0.1) is 16.7 Å². The van der Waals surface area contributed by atoms with Gasteiger partial charge in [0.25, 0.3) is 15.8 Å². The second kappa shape index (κ2) is 9.98. The van der Waals surface area contributed by atoms with Crippen molar-refractivity contribution in [3.05, 3.63) is 64.7 Å². The van der Waals surface area contributed by atoms with Gasteiger partial charge in [-0.25, -0.2) is 8.42 Å². The minimum Gasteiger partial charge on any atom is -0.507 e. The van der Waals surface area contributed by atoms with Gasteiger partial charge >= 0.3 is 12.1 Å². The number of nitrogens with one attached hydrogen (secondary N) is 1. The summed E-state index contributed by atoms with van der Waals surface area (Å²) in [7, 11) is -4.30. The van der Waals surface area contributed by atoms with Crippen molar-refractivity contribution in [2.45, 2.75) is 43.9 Å². The summed E-state index contributed by atoms with van der Waals surface area (Å²) >= 11 is 5.96. The first kappa shape index (κ1) is 27.3. The molecule has 1 atom stereocenters. The number of Topliss-reactive ketones (excluding diaryl/α,β-unsaturated/α-hetero) is 1. The Hall–Kier alpha value is -3.31. The minimum absolute atomic E-state index is 0.0858. The average Bonchev–Trinajstić information content (AvgIpc) is 2.77. The number of hydrogen-bond acceptors (Lipinski definition) is 6. The van der Waals surface area contributed by atoms with Crippen molar-refractivity contribution in [1.29, 1.82) is 0 Å². The summed E-state index contributed by atoms with van der Waals surface area (Å²) in [5, 5.41) is 11.2. The van der Waals surface area contributed by atoms with Crippen LogP contribution in [0.5, 0.6) is 5.75 Å². The topological polar surface area (TPSA) is 110 Å². The van der Waals surface area contributed by atoms with Crippen molar-refractivity contribution >= 4 is 49.8 Å². The van der Waals surface area contributed by atoms with Crippen LogP contribution in [0, 0.1) is 6.92 Å². The SMILES string of the molecule is Cc1cc(S(=O)(=O)Nc2cc(C(C(=O)OC(C)C)C(=O)C(F)(F)F)c(O)c3ccccc23)ccc1Cl. The fraction of sp³-hybridized carbons (Fsp3) is 0.250. The third-order valence-corrected chi connectivity index (χ3v) is 6.96. The first-order valence-electron chi connectivity index (χ1n) is 10.5. The van der Waals surface area contributed by atoms with Crippen LogP contribution >= 0.6 is 11.6 Å². The third kappa shape index (κ3) is 5.57. The summed E-state index contributed by atoms with van der Waals surface area (Å²) in [5.41, 5.74) is -0.557. The number of carbonyl (C=O) groups excluding carboxylic acids is 2. The average molecular weight is 544 g/mol. The molecule has 0 bridgehead atoms. The Morgan fingerprint density at radius 1 is 1.06 bits per heavy atom. The van der Waals surface area contributed by atoms with Gasteiger partial charge in [0.2, 0.25) is 0 Å². The number of fused-ring (bicyclic) bond motifs is 1. The van der Waals surface area contributed by atoms with E-state index in [1.807, 2.05) is 0 Å². The first-order chi connectivity index (χ1) is 16.6. The number of alkyl halides is 3. The van der Waals surface area contributed by atoms with Gasteiger partial charge in [-0.05, 0) is 50.6 Å². The Morgan fingerprint density at radius 2 is 1.67 bits per heavy atom. The van der Waals surface area contributed by atoms with Crippen molar-refractivity contribution in [2.75, 3.05) is 4.72 Å². The summed E-state index contributed by atoms with van der Waals surface area (Å²) in [6, 6.07) is 10.4. The second-order valence-electron chi connectivity index (χ2n) is 8.20. The van der Waals surface area contributed by atoms with Gasteiger partial charge in [0.15, 0.2) is 5.92 Å². The summed E-state index contributed by atoms with van der Waals surface area (Å²) < 4.78 is 73.6. The molecule has 3 aromatic carbocycles. The van der Waals surface area contributed by atoms with E-state index < -0.39 is 51.3 Å². The second-order valence-corrected chi connectivity index (χ2v) is 10.3. The zero-order valence-electron chi connectivity index (χ0n) is 19.2. The number of hydrogen-bond donors (Lipinski definition) is 2. The molecule has 3 aromatic rings. The van der Waals surface area contributed by atoms with Gasteiger partial charge in [-0.3, -0.25) is 14.3 Å². The molecule has 0 aliphatic rings. The third-order valence-electron chi connectivity index (χ3n) is 5.17. The molecule has 0 spiro atoms. The number of ketones is 1. The van der Waals surface area contributed by atoms with Crippen molar-refractivity contribution in [3.8, 4) is 5.75 Å². The van der Waals surface area contributed by atoms with Crippen molar-refractivity contribution < 1.29 is 41.0 Å². The van der Waals surface area contributed by atoms with Crippen LogP contribution in [0.25, 0.3) is 10.8 Å². The first-order valence-corrected chi connectivity index (χ1v) is 12.3. The molecule has 2 N–H and O–H groups in total. The van der Waals surface area contributed by atoms with Gasteiger partial charge in [-0.2, -0.15) is 13.2 Å². The highest BCUT2D eigenvalue weighted by molar-refractivity contribution is 7.92. The number of aryl methyl sites for hydroxylation is 1. The van der Waals surface area contributed by atoms with E-state index in [0.29, 0.717) is 10.6 Å². The summed E-state index contributed by atoms with van der Waals surface area (Å²) in [5.74, 6) is -7.39. The van der Waals surface area contributed by atoms with Crippen LogP contribution in [0.2, 0.25) is 5.02 Å². The number of aromatic hydroxyl groups is 1. The van der Waals surface area contributed by atoms with Crippen molar-refractivity contribution in [2.24, 2.45) is 0 Å². The van der Waals surface area contributed by atoms with Crippen molar-refractivity contribution in [1.82, 2.24) is 0 Å². The van der Waals surface area contributed by atoms with Crippen molar-refractivity contribution in [3.63, 3.8) is 0 Å². The molecule has 192 valence electrons. The number of halogens is 4. The summed E-state index contributed by atoms with van der Waals surface area (Å²) in [6.07, 6.45) is -6.31. The Morgan fingerprint density at radius 3 is 2.22 bits per heavy atom. The number of anilines is 1. The molecular formula is C24H21ClF3NO6S. The molecule has 7 nitrogen and oxygen atoms in total. The molecule has 0 amide bonds. The molecule has 12 heteroatoms. The molecule has 1 unspecified atom stereocenters. The van der Waals surface area contributed by atoms with Crippen LogP contribution < -0.4 is 4.72 Å². The molecule has 0 fully saturated rings. The highest BCUT2D eigenvalue weighted by Crippen LogP contribution is 2.41. The Kier molecular flexibility index (Phi) is 7.56. The number of carbonyl (C=O) groups is 2. The maximum absolute atomic E-state index is 13.4. The zero-order valence-corrected chi connectivity index (χ0v) is 20.8. The number of phenols is 1. The van der Waals surface area contributed by atoms with E-state index in [-0.39, 0.29) is 21.4 Å². The molecule has 36 heavy (non-hydrogen) atoms. The van der Waals surface area contributed by atoms with E-state index in [0.717, 1.165) is 6.07 Å². The number of sulfonamides is 1. The van der Waals surface area contributed by atoms with E-state index in [1.54, 1.807) is 6.92 Å². The normalized spacial score (nSPS) is 13.0. The lowest BCUT2D eigenvalue weighted by atomic mass is 9.90. The Balaban J connectivity index is 2.25.